The standard InChI is InChI=1S/C25H29FN2O3/c1-4-7-13-27-23(30)15-19-20(6-3)28(25(31)16-9-8-10-17(26)14-16)21-11-12-22(29)18(5-2)24(19)21/h8-12,14,29H,4-7,13,15H2,1-3H3,(H,27,30). The van der Waals surface area contributed by atoms with Gasteiger partial charge in [-0.2, -0.15) is 0 Å². The summed E-state index contributed by atoms with van der Waals surface area (Å²) in [5, 5.41) is 14.1. The second-order valence-corrected chi connectivity index (χ2v) is 7.62. The van der Waals surface area contributed by atoms with Crippen molar-refractivity contribution >= 4 is 22.7 Å². The lowest BCUT2D eigenvalue weighted by Gasteiger charge is -2.10. The smallest absolute Gasteiger partial charge is 0.262 e. The topological polar surface area (TPSA) is 71.3 Å². The van der Waals surface area contributed by atoms with Gasteiger partial charge in [-0.25, -0.2) is 4.39 Å². The Balaban J connectivity index is 2.21. The van der Waals surface area contributed by atoms with Crippen molar-refractivity contribution < 1.29 is 19.1 Å². The quantitative estimate of drug-likeness (QED) is 0.512. The lowest BCUT2D eigenvalue weighted by atomic mass is 9.99. The number of aromatic hydroxyl groups is 1. The molecular weight excluding hydrogens is 395 g/mol. The number of nitrogens with one attached hydrogen (secondary N) is 1. The van der Waals surface area contributed by atoms with Crippen LogP contribution in [0.5, 0.6) is 5.75 Å². The SMILES string of the molecule is CCCCNC(=O)Cc1c(CC)n(C(=O)c2cccc(F)c2)c2ccc(O)c(CC)c12. The van der Waals surface area contributed by atoms with Crippen LogP contribution < -0.4 is 5.32 Å². The number of nitrogens with zero attached hydrogens (tertiary/aromatic N) is 1. The second-order valence-electron chi connectivity index (χ2n) is 7.62. The summed E-state index contributed by atoms with van der Waals surface area (Å²) in [6.07, 6.45) is 3.05. The number of unbranched alkanes of at least 4 members (excludes halogenated alkanes) is 1. The molecule has 31 heavy (non-hydrogen) atoms. The van der Waals surface area contributed by atoms with Crippen LogP contribution in [0.2, 0.25) is 0 Å². The highest BCUT2D eigenvalue weighted by atomic mass is 19.1. The summed E-state index contributed by atoms with van der Waals surface area (Å²) in [7, 11) is 0. The summed E-state index contributed by atoms with van der Waals surface area (Å²) in [4.78, 5) is 26.1. The average Bonchev–Trinajstić information content (AvgIpc) is 3.06. The fraction of sp³-hybridized carbons (Fsp3) is 0.360. The van der Waals surface area contributed by atoms with Gasteiger partial charge in [0.1, 0.15) is 11.6 Å². The maximum Gasteiger partial charge on any atom is 0.262 e. The molecule has 1 amide bonds. The molecule has 0 bridgehead atoms. The first kappa shape index (κ1) is 22.5. The predicted molar refractivity (Wildman–Crippen MR) is 120 cm³/mol. The molecule has 2 N–H and O–H groups in total. The van der Waals surface area contributed by atoms with Crippen molar-refractivity contribution in [2.45, 2.75) is 52.9 Å². The van der Waals surface area contributed by atoms with Crippen molar-refractivity contribution in [2.75, 3.05) is 6.54 Å². The van der Waals surface area contributed by atoms with E-state index in [1.54, 1.807) is 22.8 Å². The molecule has 3 rings (SSSR count). The fourth-order valence-corrected chi connectivity index (χ4v) is 4.10. The van der Waals surface area contributed by atoms with E-state index in [9.17, 15) is 19.1 Å². The summed E-state index contributed by atoms with van der Waals surface area (Å²) in [5.74, 6) is -0.819. The molecule has 0 aliphatic rings. The number of hydrogen-bond acceptors (Lipinski definition) is 3. The van der Waals surface area contributed by atoms with E-state index < -0.39 is 5.82 Å². The molecule has 0 fully saturated rings. The zero-order valence-electron chi connectivity index (χ0n) is 18.3. The van der Waals surface area contributed by atoms with Crippen LogP contribution >= 0.6 is 0 Å². The Kier molecular flexibility index (Phi) is 7.10. The Morgan fingerprint density at radius 1 is 1.06 bits per heavy atom. The molecule has 0 unspecified atom stereocenters. The van der Waals surface area contributed by atoms with E-state index in [4.69, 9.17) is 0 Å². The van der Waals surface area contributed by atoms with Crippen LogP contribution in [-0.4, -0.2) is 28.0 Å². The summed E-state index contributed by atoms with van der Waals surface area (Å²) >= 11 is 0. The van der Waals surface area contributed by atoms with Crippen molar-refractivity contribution in [3.8, 4) is 5.75 Å². The van der Waals surface area contributed by atoms with E-state index in [0.29, 0.717) is 36.2 Å². The number of carbonyl (C=O) groups is 2. The number of aryl methyl sites for hydroxylation is 1. The van der Waals surface area contributed by atoms with Gasteiger partial charge in [-0.1, -0.05) is 33.3 Å². The molecule has 0 radical (unpaired) electrons. The summed E-state index contributed by atoms with van der Waals surface area (Å²) in [6, 6.07) is 8.86. The van der Waals surface area contributed by atoms with E-state index in [-0.39, 0.29) is 29.5 Å². The Bertz CT molecular complexity index is 1120. The number of rotatable bonds is 8. The lowest BCUT2D eigenvalue weighted by Crippen LogP contribution is -2.26. The van der Waals surface area contributed by atoms with E-state index in [1.165, 1.54) is 18.2 Å². The highest BCUT2D eigenvalue weighted by Gasteiger charge is 2.25. The Morgan fingerprint density at radius 3 is 2.48 bits per heavy atom. The zero-order valence-corrected chi connectivity index (χ0v) is 18.3. The van der Waals surface area contributed by atoms with Crippen molar-refractivity contribution in [2.24, 2.45) is 0 Å². The minimum atomic E-state index is -0.484. The number of halogens is 1. The molecule has 0 atom stereocenters. The third-order valence-electron chi connectivity index (χ3n) is 5.58. The van der Waals surface area contributed by atoms with Gasteiger partial charge in [-0.05, 0) is 55.2 Å². The Hall–Kier alpha value is -3.15. The normalized spacial score (nSPS) is 11.1. The molecule has 1 aromatic heterocycles. The molecule has 164 valence electrons. The van der Waals surface area contributed by atoms with Crippen LogP contribution in [0.3, 0.4) is 0 Å². The van der Waals surface area contributed by atoms with E-state index >= 15 is 0 Å². The summed E-state index contributed by atoms with van der Waals surface area (Å²) in [5.41, 5.74) is 3.00. The molecule has 1 heterocycles. The number of hydrogen-bond donors (Lipinski definition) is 2. The molecule has 0 aliphatic heterocycles. The lowest BCUT2D eigenvalue weighted by molar-refractivity contribution is -0.120. The number of aromatic nitrogens is 1. The van der Waals surface area contributed by atoms with Crippen LogP contribution in [0.1, 0.15) is 60.8 Å². The molecule has 0 aliphatic carbocycles. The zero-order chi connectivity index (χ0) is 22.5. The van der Waals surface area contributed by atoms with Gasteiger partial charge in [-0.3, -0.25) is 14.2 Å². The van der Waals surface area contributed by atoms with Gasteiger partial charge in [0, 0.05) is 28.8 Å². The van der Waals surface area contributed by atoms with Gasteiger partial charge in [-0.15, -0.1) is 0 Å². The number of benzene rings is 2. The maximum absolute atomic E-state index is 13.8. The van der Waals surface area contributed by atoms with E-state index in [2.05, 4.69) is 12.2 Å². The molecular formula is C25H29FN2O3. The summed E-state index contributed by atoms with van der Waals surface area (Å²) in [6.45, 7) is 6.51. The van der Waals surface area contributed by atoms with Crippen molar-refractivity contribution in [3.63, 3.8) is 0 Å². The monoisotopic (exact) mass is 424 g/mol. The van der Waals surface area contributed by atoms with Crippen LogP contribution in [0.15, 0.2) is 36.4 Å². The van der Waals surface area contributed by atoms with Gasteiger partial charge in [0.25, 0.3) is 5.91 Å². The number of fused-ring (bicyclic) bond motifs is 1. The minimum Gasteiger partial charge on any atom is -0.508 e. The first-order valence-electron chi connectivity index (χ1n) is 10.9. The fourth-order valence-electron chi connectivity index (χ4n) is 4.10. The van der Waals surface area contributed by atoms with Crippen molar-refractivity contribution in [1.82, 2.24) is 9.88 Å². The molecule has 2 aromatic carbocycles. The van der Waals surface area contributed by atoms with Crippen LogP contribution in [0, 0.1) is 5.82 Å². The Labute approximate surface area is 181 Å². The van der Waals surface area contributed by atoms with Crippen molar-refractivity contribution in [1.29, 1.82) is 0 Å². The van der Waals surface area contributed by atoms with Crippen LogP contribution in [0.4, 0.5) is 4.39 Å². The number of phenolic OH excluding ortho intramolecular Hbond substituents is 1. The predicted octanol–water partition coefficient (Wildman–Crippen LogP) is 4.76. The molecule has 6 heteroatoms. The second kappa shape index (κ2) is 9.77. The first-order chi connectivity index (χ1) is 14.9. The highest BCUT2D eigenvalue weighted by Crippen LogP contribution is 2.35. The maximum atomic E-state index is 13.8. The number of amides is 1. The third kappa shape index (κ3) is 4.48. The number of phenols is 1. The van der Waals surface area contributed by atoms with Gasteiger partial charge >= 0.3 is 0 Å². The molecule has 0 saturated carbocycles. The van der Waals surface area contributed by atoms with Gasteiger partial charge in [0.05, 0.1) is 11.9 Å². The molecule has 3 aromatic rings. The molecule has 0 spiro atoms. The minimum absolute atomic E-state index is 0.114. The van der Waals surface area contributed by atoms with Crippen molar-refractivity contribution in [3.05, 3.63) is 64.6 Å². The largest absolute Gasteiger partial charge is 0.508 e. The first-order valence-corrected chi connectivity index (χ1v) is 10.9. The Morgan fingerprint density at radius 2 is 1.84 bits per heavy atom. The van der Waals surface area contributed by atoms with Gasteiger partial charge in [0.15, 0.2) is 0 Å². The van der Waals surface area contributed by atoms with E-state index in [0.717, 1.165) is 23.8 Å². The van der Waals surface area contributed by atoms with Crippen LogP contribution in [0.25, 0.3) is 10.9 Å². The van der Waals surface area contributed by atoms with Gasteiger partial charge < -0.3 is 10.4 Å². The highest BCUT2D eigenvalue weighted by molar-refractivity contribution is 6.06. The average molecular weight is 425 g/mol. The van der Waals surface area contributed by atoms with Crippen LogP contribution in [-0.2, 0) is 24.1 Å². The van der Waals surface area contributed by atoms with Gasteiger partial charge in [0.2, 0.25) is 5.91 Å². The molecule has 5 nitrogen and oxygen atoms in total. The molecule has 0 saturated heterocycles. The summed E-state index contributed by atoms with van der Waals surface area (Å²) < 4.78 is 15.4. The van der Waals surface area contributed by atoms with E-state index in [1.807, 2.05) is 13.8 Å². The number of carbonyl (C=O) groups excluding carboxylic acids is 2. The third-order valence-corrected chi connectivity index (χ3v) is 5.58.